The zero-order valence-corrected chi connectivity index (χ0v) is 17.8. The zero-order valence-electron chi connectivity index (χ0n) is 17.0. The number of nitrogens with zero attached hydrogens (tertiary/aromatic N) is 3. The molecule has 0 amide bonds. The van der Waals surface area contributed by atoms with Crippen LogP contribution in [0.25, 0.3) is 5.69 Å². The molecule has 2 aromatic carbocycles. The van der Waals surface area contributed by atoms with Gasteiger partial charge in [-0.2, -0.15) is 0 Å². The first-order valence-electron chi connectivity index (χ1n) is 10.2. The van der Waals surface area contributed by atoms with Crippen LogP contribution in [0.4, 0.5) is 5.69 Å². The number of anilines is 1. The van der Waals surface area contributed by atoms with Gasteiger partial charge in [0.25, 0.3) is 0 Å². The van der Waals surface area contributed by atoms with Crippen molar-refractivity contribution >= 4 is 23.0 Å². The van der Waals surface area contributed by atoms with E-state index in [1.54, 1.807) is 18.3 Å². The van der Waals surface area contributed by atoms with Gasteiger partial charge in [0.1, 0.15) is 11.8 Å². The summed E-state index contributed by atoms with van der Waals surface area (Å²) in [5, 5.41) is 13.9. The van der Waals surface area contributed by atoms with Gasteiger partial charge in [0, 0.05) is 29.5 Å². The molecule has 0 aliphatic carbocycles. The Labute approximate surface area is 186 Å². The Kier molecular flexibility index (Phi) is 4.92. The Bertz CT molecular complexity index is 1220. The van der Waals surface area contributed by atoms with Crippen molar-refractivity contribution in [3.8, 4) is 11.4 Å². The molecule has 3 heterocycles. The fourth-order valence-electron chi connectivity index (χ4n) is 4.19. The molecule has 4 aromatic rings. The quantitative estimate of drug-likeness (QED) is 0.447. The second-order valence-electron chi connectivity index (χ2n) is 7.66. The van der Waals surface area contributed by atoms with Crippen LogP contribution in [0.3, 0.4) is 0 Å². The normalized spacial score (nSPS) is 18.2. The number of aryl methyl sites for hydroxylation is 1. The van der Waals surface area contributed by atoms with E-state index in [-0.39, 0.29) is 17.8 Å². The highest BCUT2D eigenvalue weighted by atomic mass is 32.1. The topological polar surface area (TPSA) is 53.3 Å². The molecule has 0 unspecified atom stereocenters. The second-order valence-corrected chi connectivity index (χ2v) is 8.04. The van der Waals surface area contributed by atoms with E-state index in [1.807, 2.05) is 30.3 Å². The lowest BCUT2D eigenvalue weighted by Crippen LogP contribution is -2.30. The first kappa shape index (κ1) is 19.3. The molecule has 5 rings (SSSR count). The molecule has 2 aromatic heterocycles. The van der Waals surface area contributed by atoms with Crippen LogP contribution in [0.1, 0.15) is 29.0 Å². The molecular formula is C25H22N4OS. The number of rotatable bonds is 4. The minimum absolute atomic E-state index is 0.123. The van der Waals surface area contributed by atoms with Crippen molar-refractivity contribution in [2.24, 2.45) is 0 Å². The van der Waals surface area contributed by atoms with E-state index >= 15 is 0 Å². The molecule has 1 aliphatic rings. The Morgan fingerprint density at radius 3 is 2.52 bits per heavy atom. The number of aromatic hydroxyl groups is 1. The molecular weight excluding hydrogens is 404 g/mol. The highest BCUT2D eigenvalue weighted by Gasteiger charge is 2.42. The maximum atomic E-state index is 9.78. The van der Waals surface area contributed by atoms with Crippen molar-refractivity contribution in [2.75, 3.05) is 4.90 Å². The molecule has 1 aliphatic heterocycles. The van der Waals surface area contributed by atoms with E-state index < -0.39 is 0 Å². The number of benzene rings is 2. The van der Waals surface area contributed by atoms with Crippen molar-refractivity contribution in [1.29, 1.82) is 0 Å². The van der Waals surface area contributed by atoms with E-state index in [2.05, 4.69) is 69.3 Å². The molecule has 2 atom stereocenters. The van der Waals surface area contributed by atoms with Gasteiger partial charge in [-0.1, -0.05) is 18.2 Å². The molecule has 6 heteroatoms. The smallest absolute Gasteiger partial charge is 0.174 e. The molecule has 0 radical (unpaired) electrons. The van der Waals surface area contributed by atoms with Crippen LogP contribution in [0, 0.1) is 6.92 Å². The van der Waals surface area contributed by atoms with E-state index in [4.69, 9.17) is 12.2 Å². The lowest BCUT2D eigenvalue weighted by atomic mass is 10.0. The lowest BCUT2D eigenvalue weighted by molar-refractivity contribution is 0.475. The summed E-state index contributed by atoms with van der Waals surface area (Å²) in [6.45, 7) is 2.10. The highest BCUT2D eigenvalue weighted by molar-refractivity contribution is 7.80. The first-order chi connectivity index (χ1) is 15.1. The SMILES string of the molecule is Cc1cccc(-n2cccc2[C@H]2[C@@H](c3ccccn3)NC(=S)N2c2ccc(O)cc2)c1. The van der Waals surface area contributed by atoms with Crippen molar-refractivity contribution in [1.82, 2.24) is 14.9 Å². The van der Waals surface area contributed by atoms with E-state index in [9.17, 15) is 5.11 Å². The summed E-state index contributed by atoms with van der Waals surface area (Å²) < 4.78 is 2.20. The maximum absolute atomic E-state index is 9.78. The molecule has 31 heavy (non-hydrogen) atoms. The van der Waals surface area contributed by atoms with Crippen LogP contribution < -0.4 is 10.2 Å². The maximum Gasteiger partial charge on any atom is 0.174 e. The predicted octanol–water partition coefficient (Wildman–Crippen LogP) is 5.06. The Balaban J connectivity index is 1.67. The van der Waals surface area contributed by atoms with Crippen LogP contribution >= 0.6 is 12.2 Å². The predicted molar refractivity (Wildman–Crippen MR) is 127 cm³/mol. The van der Waals surface area contributed by atoms with E-state index in [0.29, 0.717) is 5.11 Å². The molecule has 1 saturated heterocycles. The molecule has 5 nitrogen and oxygen atoms in total. The van der Waals surface area contributed by atoms with Crippen LogP contribution in [-0.2, 0) is 0 Å². The minimum Gasteiger partial charge on any atom is -0.508 e. The van der Waals surface area contributed by atoms with E-state index in [1.165, 1.54) is 5.56 Å². The van der Waals surface area contributed by atoms with Gasteiger partial charge in [0.15, 0.2) is 5.11 Å². The standard InChI is InChI=1S/C25H22N4OS/c1-17-6-4-7-19(16-17)28-15-5-9-22(28)24-23(21-8-2-3-14-26-21)27-25(31)29(24)18-10-12-20(30)13-11-18/h2-16,23-24,30H,1H3,(H,27,31)/t23-,24+/m1/s1. The average Bonchev–Trinajstić information content (AvgIpc) is 3.39. The van der Waals surface area contributed by atoms with Crippen molar-refractivity contribution in [3.63, 3.8) is 0 Å². The molecule has 1 fully saturated rings. The third-order valence-corrected chi connectivity index (χ3v) is 5.90. The van der Waals surface area contributed by atoms with Gasteiger partial charge in [-0.3, -0.25) is 4.98 Å². The van der Waals surface area contributed by atoms with Crippen LogP contribution in [0.2, 0.25) is 0 Å². The largest absolute Gasteiger partial charge is 0.508 e. The highest BCUT2D eigenvalue weighted by Crippen LogP contribution is 2.42. The minimum atomic E-state index is -0.124. The van der Waals surface area contributed by atoms with Gasteiger partial charge in [0.2, 0.25) is 0 Å². The number of phenolic OH excluding ortho intramolecular Hbond substituents is 1. The fourth-order valence-corrected chi connectivity index (χ4v) is 4.54. The summed E-state index contributed by atoms with van der Waals surface area (Å²) in [5.41, 5.74) is 5.24. The fraction of sp³-hybridized carbons (Fsp3) is 0.120. The Hall–Kier alpha value is -3.64. The summed E-state index contributed by atoms with van der Waals surface area (Å²) in [6, 6.07) is 25.5. The van der Waals surface area contributed by atoms with Gasteiger partial charge in [-0.05, 0) is 85.4 Å². The van der Waals surface area contributed by atoms with Crippen LogP contribution in [0.15, 0.2) is 91.3 Å². The Morgan fingerprint density at radius 2 is 1.77 bits per heavy atom. The van der Waals surface area contributed by atoms with Crippen LogP contribution in [-0.4, -0.2) is 19.8 Å². The number of thiocarbonyl (C=S) groups is 1. The number of nitrogens with one attached hydrogen (secondary N) is 1. The van der Waals surface area contributed by atoms with Gasteiger partial charge < -0.3 is 19.9 Å². The Morgan fingerprint density at radius 1 is 0.935 bits per heavy atom. The third-order valence-electron chi connectivity index (χ3n) is 5.59. The second kappa shape index (κ2) is 7.89. The lowest BCUT2D eigenvalue weighted by Gasteiger charge is -2.29. The molecule has 154 valence electrons. The molecule has 0 saturated carbocycles. The summed E-state index contributed by atoms with van der Waals surface area (Å²) in [5.74, 6) is 0.225. The summed E-state index contributed by atoms with van der Waals surface area (Å²) in [6.07, 6.45) is 3.88. The first-order valence-corrected chi connectivity index (χ1v) is 10.6. The number of hydrogen-bond acceptors (Lipinski definition) is 3. The van der Waals surface area contributed by atoms with E-state index in [0.717, 1.165) is 22.8 Å². The number of aromatic nitrogens is 2. The average molecular weight is 427 g/mol. The summed E-state index contributed by atoms with van der Waals surface area (Å²) in [4.78, 5) is 6.72. The van der Waals surface area contributed by atoms with Crippen molar-refractivity contribution < 1.29 is 5.11 Å². The third kappa shape index (κ3) is 3.55. The summed E-state index contributed by atoms with van der Waals surface area (Å²) in [7, 11) is 0. The monoisotopic (exact) mass is 426 g/mol. The molecule has 0 spiro atoms. The van der Waals surface area contributed by atoms with Crippen molar-refractivity contribution in [3.05, 3.63) is 108 Å². The van der Waals surface area contributed by atoms with Gasteiger partial charge >= 0.3 is 0 Å². The van der Waals surface area contributed by atoms with Gasteiger partial charge in [0.05, 0.1) is 11.7 Å². The number of pyridine rings is 1. The molecule has 0 bridgehead atoms. The van der Waals surface area contributed by atoms with Gasteiger partial charge in [-0.15, -0.1) is 0 Å². The summed E-state index contributed by atoms with van der Waals surface area (Å²) >= 11 is 5.78. The zero-order chi connectivity index (χ0) is 21.4. The number of phenols is 1. The van der Waals surface area contributed by atoms with Crippen LogP contribution in [0.5, 0.6) is 5.75 Å². The number of hydrogen-bond donors (Lipinski definition) is 2. The van der Waals surface area contributed by atoms with Crippen molar-refractivity contribution in [2.45, 2.75) is 19.0 Å². The van der Waals surface area contributed by atoms with Gasteiger partial charge in [-0.25, -0.2) is 0 Å². The molecule has 2 N–H and O–H groups in total.